The molecule has 0 unspecified atom stereocenters. The van der Waals surface area contributed by atoms with Crippen LogP contribution in [-0.4, -0.2) is 42.8 Å². The third kappa shape index (κ3) is 4.21. The van der Waals surface area contributed by atoms with Gasteiger partial charge in [0.15, 0.2) is 5.82 Å². The lowest BCUT2D eigenvalue weighted by Gasteiger charge is -2.30. The van der Waals surface area contributed by atoms with E-state index in [0.717, 1.165) is 38.3 Å². The number of likely N-dealkylation sites (tertiary alicyclic amines) is 1. The molecule has 0 bridgehead atoms. The Morgan fingerprint density at radius 1 is 1.38 bits per heavy atom. The van der Waals surface area contributed by atoms with Gasteiger partial charge in [-0.25, -0.2) is 4.68 Å². The van der Waals surface area contributed by atoms with Crippen molar-refractivity contribution in [3.05, 3.63) is 30.0 Å². The lowest BCUT2D eigenvalue weighted by atomic mass is 10.0. The van der Waals surface area contributed by atoms with Crippen molar-refractivity contribution in [3.63, 3.8) is 0 Å². The van der Waals surface area contributed by atoms with Crippen LogP contribution in [0.3, 0.4) is 0 Å². The summed E-state index contributed by atoms with van der Waals surface area (Å²) in [5, 5.41) is 22.6. The summed E-state index contributed by atoms with van der Waals surface area (Å²) in [5.74, 6) is 1.56. The molecule has 0 amide bonds. The Hall–Kier alpha value is -1.73. The smallest absolute Gasteiger partial charge is 0.165 e. The molecule has 0 radical (unpaired) electrons. The molecule has 1 aliphatic rings. The number of tetrazole rings is 1. The highest BCUT2D eigenvalue weighted by Crippen LogP contribution is 2.27. The summed E-state index contributed by atoms with van der Waals surface area (Å²) in [4.78, 5) is 2.43. The van der Waals surface area contributed by atoms with Gasteiger partial charge in [0, 0.05) is 12.6 Å². The van der Waals surface area contributed by atoms with Gasteiger partial charge in [-0.2, -0.15) is 0 Å². The summed E-state index contributed by atoms with van der Waals surface area (Å²) in [5.41, 5.74) is 0. The number of furan rings is 1. The van der Waals surface area contributed by atoms with E-state index in [-0.39, 0.29) is 0 Å². The third-order valence-electron chi connectivity index (χ3n) is 4.75. The Bertz CT molecular complexity index is 598. The predicted molar refractivity (Wildman–Crippen MR) is 89.1 cm³/mol. The number of hydrogen-bond acceptors (Lipinski definition) is 6. The molecule has 0 aliphatic carbocycles. The van der Waals surface area contributed by atoms with Crippen LogP contribution in [0.15, 0.2) is 22.8 Å². The van der Waals surface area contributed by atoms with E-state index in [9.17, 15) is 5.11 Å². The average molecular weight is 333 g/mol. The largest absolute Gasteiger partial charge is 0.467 e. The molecule has 2 atom stereocenters. The first-order chi connectivity index (χ1) is 11.8. The van der Waals surface area contributed by atoms with E-state index in [1.807, 2.05) is 16.8 Å². The maximum Gasteiger partial charge on any atom is 0.165 e. The fourth-order valence-electron chi connectivity index (χ4n) is 3.47. The Morgan fingerprint density at radius 2 is 2.29 bits per heavy atom. The number of aliphatic hydroxyl groups is 1. The van der Waals surface area contributed by atoms with E-state index in [4.69, 9.17) is 4.42 Å². The fraction of sp³-hybridized carbons (Fsp3) is 0.706. The topological polar surface area (TPSA) is 80.2 Å². The number of hydrogen-bond donors (Lipinski definition) is 1. The maximum atomic E-state index is 10.5. The molecule has 0 saturated carbocycles. The maximum absolute atomic E-state index is 10.5. The van der Waals surface area contributed by atoms with E-state index >= 15 is 0 Å². The van der Waals surface area contributed by atoms with Crippen molar-refractivity contribution in [3.8, 4) is 0 Å². The minimum absolute atomic E-state index is 0.319. The van der Waals surface area contributed by atoms with E-state index < -0.39 is 6.10 Å². The van der Waals surface area contributed by atoms with Gasteiger partial charge in [-0.1, -0.05) is 19.8 Å². The molecule has 1 saturated heterocycles. The Balaban J connectivity index is 1.69. The van der Waals surface area contributed by atoms with Gasteiger partial charge in [0.2, 0.25) is 0 Å². The Morgan fingerprint density at radius 3 is 3.08 bits per heavy atom. The summed E-state index contributed by atoms with van der Waals surface area (Å²) < 4.78 is 7.25. The van der Waals surface area contributed by atoms with Crippen molar-refractivity contribution >= 4 is 0 Å². The van der Waals surface area contributed by atoms with Crippen molar-refractivity contribution in [1.29, 1.82) is 0 Å². The number of aryl methyl sites for hydroxylation is 1. The fourth-order valence-corrected chi connectivity index (χ4v) is 3.47. The van der Waals surface area contributed by atoms with Crippen molar-refractivity contribution in [2.24, 2.45) is 0 Å². The molecule has 2 aromatic rings. The van der Waals surface area contributed by atoms with Crippen molar-refractivity contribution in [1.82, 2.24) is 25.1 Å². The van der Waals surface area contributed by atoms with Gasteiger partial charge in [0.25, 0.3) is 0 Å². The minimum atomic E-state index is -0.558. The quantitative estimate of drug-likeness (QED) is 0.839. The molecule has 0 aromatic carbocycles. The lowest BCUT2D eigenvalue weighted by Crippen LogP contribution is -2.36. The van der Waals surface area contributed by atoms with Gasteiger partial charge in [0.05, 0.1) is 12.8 Å². The molecule has 1 N–H and O–H groups in total. The molecule has 1 fully saturated rings. The SMILES string of the molecule is CCCn1nnnc1CN1CCCCC[C@H]1C[C@H](O)c1ccco1. The van der Waals surface area contributed by atoms with Crippen molar-refractivity contribution < 1.29 is 9.52 Å². The first-order valence-electron chi connectivity index (χ1n) is 8.98. The lowest BCUT2D eigenvalue weighted by molar-refractivity contribution is 0.0811. The number of aromatic nitrogens is 4. The zero-order valence-electron chi connectivity index (χ0n) is 14.3. The first-order valence-corrected chi connectivity index (χ1v) is 8.98. The first kappa shape index (κ1) is 17.1. The highest BCUT2D eigenvalue weighted by molar-refractivity contribution is 5.02. The second-order valence-corrected chi connectivity index (χ2v) is 6.56. The number of nitrogens with zero attached hydrogens (tertiary/aromatic N) is 5. The zero-order chi connectivity index (χ0) is 16.8. The van der Waals surface area contributed by atoms with Gasteiger partial charge in [-0.3, -0.25) is 4.90 Å². The standard InChI is InChI=1S/C17H27N5O2/c1-2-9-22-17(18-19-20-22)13-21-10-5-3-4-7-14(21)12-15(23)16-8-6-11-24-16/h6,8,11,14-15,23H,2-5,7,9-10,12-13H2,1H3/t14-,15-/m0/s1. The monoisotopic (exact) mass is 333 g/mol. The van der Waals surface area contributed by atoms with Crippen LogP contribution in [-0.2, 0) is 13.1 Å². The Kier molecular flexibility index (Phi) is 5.98. The summed E-state index contributed by atoms with van der Waals surface area (Å²) >= 11 is 0. The summed E-state index contributed by atoms with van der Waals surface area (Å²) in [6.07, 6.45) is 7.47. The highest BCUT2D eigenvalue weighted by atomic mass is 16.4. The Labute approximate surface area is 142 Å². The van der Waals surface area contributed by atoms with Crippen LogP contribution in [0.4, 0.5) is 0 Å². The molecule has 24 heavy (non-hydrogen) atoms. The normalized spacial score (nSPS) is 20.8. The second kappa shape index (κ2) is 8.39. The van der Waals surface area contributed by atoms with Gasteiger partial charge in [-0.05, 0) is 54.8 Å². The van der Waals surface area contributed by atoms with Crippen molar-refractivity contribution in [2.45, 2.75) is 70.7 Å². The minimum Gasteiger partial charge on any atom is -0.467 e. The summed E-state index contributed by atoms with van der Waals surface area (Å²) in [7, 11) is 0. The third-order valence-corrected chi connectivity index (χ3v) is 4.75. The molecular weight excluding hydrogens is 306 g/mol. The molecule has 3 heterocycles. The predicted octanol–water partition coefficient (Wildman–Crippen LogP) is 2.54. The van der Waals surface area contributed by atoms with Gasteiger partial charge in [-0.15, -0.1) is 5.10 Å². The van der Waals surface area contributed by atoms with E-state index in [1.54, 1.807) is 6.26 Å². The number of rotatable bonds is 7. The molecule has 2 aromatic heterocycles. The van der Waals surface area contributed by atoms with Crippen LogP contribution in [0.1, 0.15) is 63.1 Å². The van der Waals surface area contributed by atoms with Gasteiger partial charge < -0.3 is 9.52 Å². The van der Waals surface area contributed by atoms with Crippen LogP contribution in [0, 0.1) is 0 Å². The number of aliphatic hydroxyl groups excluding tert-OH is 1. The molecule has 132 valence electrons. The molecule has 1 aliphatic heterocycles. The van der Waals surface area contributed by atoms with E-state index in [2.05, 4.69) is 27.3 Å². The molecule has 7 heteroatoms. The van der Waals surface area contributed by atoms with Gasteiger partial charge in [0.1, 0.15) is 11.9 Å². The van der Waals surface area contributed by atoms with Crippen LogP contribution < -0.4 is 0 Å². The molecule has 3 rings (SSSR count). The zero-order valence-corrected chi connectivity index (χ0v) is 14.3. The van der Waals surface area contributed by atoms with Crippen molar-refractivity contribution in [2.75, 3.05) is 6.54 Å². The summed E-state index contributed by atoms with van der Waals surface area (Å²) in [6.45, 7) is 4.73. The van der Waals surface area contributed by atoms with Crippen LogP contribution in [0.5, 0.6) is 0 Å². The molecule has 0 spiro atoms. The van der Waals surface area contributed by atoms with Crippen LogP contribution in [0.2, 0.25) is 0 Å². The van der Waals surface area contributed by atoms with E-state index in [1.165, 1.54) is 19.3 Å². The molecular formula is C17H27N5O2. The second-order valence-electron chi connectivity index (χ2n) is 6.56. The summed E-state index contributed by atoms with van der Waals surface area (Å²) in [6, 6.07) is 3.98. The van der Waals surface area contributed by atoms with Crippen LogP contribution in [0.25, 0.3) is 0 Å². The van der Waals surface area contributed by atoms with Crippen LogP contribution >= 0.6 is 0 Å². The average Bonchev–Trinajstić information content (AvgIpc) is 3.20. The van der Waals surface area contributed by atoms with Gasteiger partial charge >= 0.3 is 0 Å². The van der Waals surface area contributed by atoms with E-state index in [0.29, 0.717) is 18.2 Å². The highest BCUT2D eigenvalue weighted by Gasteiger charge is 2.26. The molecule has 7 nitrogen and oxygen atoms in total.